The van der Waals surface area contributed by atoms with Gasteiger partial charge in [0.05, 0.1) is 11.0 Å². The summed E-state index contributed by atoms with van der Waals surface area (Å²) in [4.78, 5) is 10.1. The number of hydrogen-bond acceptors (Lipinski definition) is 6. The fraction of sp³-hybridized carbons (Fsp3) is 0.625. The highest BCUT2D eigenvalue weighted by atomic mass is 32.2. The molecule has 0 amide bonds. The molecular formula is C16H22N2O5S. The second-order valence-electron chi connectivity index (χ2n) is 6.68. The van der Waals surface area contributed by atoms with E-state index in [1.165, 1.54) is 18.6 Å². The van der Waals surface area contributed by atoms with E-state index in [-0.39, 0.29) is 28.1 Å². The quantitative estimate of drug-likeness (QED) is 0.623. The molecule has 2 saturated carbocycles. The van der Waals surface area contributed by atoms with Crippen LogP contribution < -0.4 is 5.32 Å². The minimum atomic E-state index is -3.67. The maximum atomic E-state index is 11.9. The van der Waals surface area contributed by atoms with Crippen LogP contribution in [0.4, 0.5) is 11.4 Å². The van der Waals surface area contributed by atoms with Crippen LogP contribution in [0.1, 0.15) is 32.6 Å². The molecule has 0 aromatic heterocycles. The third-order valence-electron chi connectivity index (χ3n) is 5.33. The van der Waals surface area contributed by atoms with Crippen molar-refractivity contribution in [1.29, 1.82) is 0 Å². The second kappa shape index (κ2) is 6.00. The largest absolute Gasteiger partial charge is 0.382 e. The molecule has 2 unspecified atom stereocenters. The summed E-state index contributed by atoms with van der Waals surface area (Å²) in [6, 6.07) is 4.42. The number of anilines is 1. The lowest BCUT2D eigenvalue weighted by molar-refractivity contribution is -0.387. The third kappa shape index (κ3) is 2.77. The highest BCUT2D eigenvalue weighted by molar-refractivity contribution is 7.90. The molecule has 1 aromatic rings. The van der Waals surface area contributed by atoms with E-state index in [2.05, 4.69) is 5.32 Å². The summed E-state index contributed by atoms with van der Waals surface area (Å²) in [7, 11) is -3.67. The molecule has 0 heterocycles. The molecule has 1 spiro atoms. The first kappa shape index (κ1) is 17.2. The van der Waals surface area contributed by atoms with Gasteiger partial charge in [0.25, 0.3) is 5.69 Å². The lowest BCUT2D eigenvalue weighted by Gasteiger charge is -2.61. The van der Waals surface area contributed by atoms with E-state index in [4.69, 9.17) is 4.74 Å². The third-order valence-corrected chi connectivity index (χ3v) is 6.46. The smallest absolute Gasteiger partial charge is 0.288 e. The van der Waals surface area contributed by atoms with E-state index in [0.29, 0.717) is 12.3 Å². The van der Waals surface area contributed by atoms with Gasteiger partial charge in [-0.1, -0.05) is 6.42 Å². The number of nitro benzene ring substituents is 1. The molecule has 24 heavy (non-hydrogen) atoms. The number of nitrogens with one attached hydrogen (secondary N) is 1. The van der Waals surface area contributed by atoms with Crippen LogP contribution in [-0.4, -0.2) is 38.3 Å². The number of ether oxygens (including phenoxy) is 1. The highest BCUT2D eigenvalue weighted by Gasteiger charge is 2.58. The van der Waals surface area contributed by atoms with Gasteiger partial charge < -0.3 is 10.1 Å². The molecule has 2 atom stereocenters. The van der Waals surface area contributed by atoms with Crippen LogP contribution in [0.15, 0.2) is 23.1 Å². The van der Waals surface area contributed by atoms with E-state index in [9.17, 15) is 18.5 Å². The Kier molecular flexibility index (Phi) is 4.29. The lowest BCUT2D eigenvalue weighted by Crippen LogP contribution is -2.64. The molecule has 3 rings (SSSR count). The molecule has 1 aromatic carbocycles. The average molecular weight is 354 g/mol. The van der Waals surface area contributed by atoms with Crippen LogP contribution in [0.25, 0.3) is 0 Å². The van der Waals surface area contributed by atoms with Crippen molar-refractivity contribution < 1.29 is 18.1 Å². The minimum absolute atomic E-state index is 0.128. The molecule has 132 valence electrons. The van der Waals surface area contributed by atoms with Gasteiger partial charge in [0.2, 0.25) is 0 Å². The van der Waals surface area contributed by atoms with Gasteiger partial charge >= 0.3 is 0 Å². The molecule has 8 heteroatoms. The molecule has 0 saturated heterocycles. The molecule has 2 fully saturated rings. The van der Waals surface area contributed by atoms with E-state index in [1.54, 1.807) is 6.07 Å². The second-order valence-corrected chi connectivity index (χ2v) is 8.66. The molecule has 2 aliphatic rings. The van der Waals surface area contributed by atoms with Gasteiger partial charge in [-0.05, 0) is 38.3 Å². The summed E-state index contributed by atoms with van der Waals surface area (Å²) < 4.78 is 29.5. The van der Waals surface area contributed by atoms with Crippen LogP contribution in [0.2, 0.25) is 0 Å². The first-order valence-corrected chi connectivity index (χ1v) is 10.0. The van der Waals surface area contributed by atoms with Crippen LogP contribution in [0.3, 0.4) is 0 Å². The Morgan fingerprint density at radius 3 is 2.62 bits per heavy atom. The Morgan fingerprint density at radius 1 is 1.42 bits per heavy atom. The van der Waals surface area contributed by atoms with E-state index in [0.717, 1.165) is 25.5 Å². The predicted octanol–water partition coefficient (Wildman–Crippen LogP) is 2.76. The van der Waals surface area contributed by atoms with Crippen LogP contribution >= 0.6 is 0 Å². The molecule has 2 aliphatic carbocycles. The van der Waals surface area contributed by atoms with Crippen molar-refractivity contribution in [3.05, 3.63) is 28.3 Å². The molecule has 0 bridgehead atoms. The number of nitro groups is 1. The summed E-state index contributed by atoms with van der Waals surface area (Å²) in [5.41, 5.74) is 0.345. The van der Waals surface area contributed by atoms with E-state index < -0.39 is 14.8 Å². The molecule has 0 aliphatic heterocycles. The van der Waals surface area contributed by atoms with Crippen LogP contribution in [0.5, 0.6) is 0 Å². The number of hydrogen-bond donors (Lipinski definition) is 1. The topological polar surface area (TPSA) is 98.5 Å². The fourth-order valence-electron chi connectivity index (χ4n) is 3.89. The fourth-order valence-corrected chi connectivity index (χ4v) is 4.76. The van der Waals surface area contributed by atoms with Crippen molar-refractivity contribution >= 4 is 21.2 Å². The van der Waals surface area contributed by atoms with Crippen molar-refractivity contribution in [2.45, 2.75) is 49.6 Å². The molecular weight excluding hydrogens is 332 g/mol. The number of nitrogens with zero attached hydrogens (tertiary/aromatic N) is 1. The van der Waals surface area contributed by atoms with E-state index in [1.807, 2.05) is 6.92 Å². The molecule has 0 radical (unpaired) electrons. The summed E-state index contributed by atoms with van der Waals surface area (Å²) >= 11 is 0. The number of benzene rings is 1. The SMILES string of the molecule is CCOC1CC(Nc2ccc([N+](=O)[O-])c(S(C)(=O)=O)c2)C12CCC2. The molecule has 7 nitrogen and oxygen atoms in total. The van der Waals surface area contributed by atoms with Crippen molar-refractivity contribution in [2.24, 2.45) is 5.41 Å². The van der Waals surface area contributed by atoms with Gasteiger partial charge in [-0.25, -0.2) is 8.42 Å². The van der Waals surface area contributed by atoms with Crippen molar-refractivity contribution in [3.8, 4) is 0 Å². The normalized spacial score (nSPS) is 24.9. The maximum Gasteiger partial charge on any atom is 0.288 e. The van der Waals surface area contributed by atoms with Gasteiger partial charge in [-0.2, -0.15) is 0 Å². The van der Waals surface area contributed by atoms with Gasteiger partial charge in [-0.3, -0.25) is 10.1 Å². The summed E-state index contributed by atoms with van der Waals surface area (Å²) in [6.45, 7) is 2.68. The maximum absolute atomic E-state index is 11.9. The van der Waals surface area contributed by atoms with Gasteiger partial charge in [0, 0.05) is 36.1 Å². The standard InChI is InChI=1S/C16H22N2O5S/c1-3-23-15-10-14(16(15)7-4-8-16)17-11-5-6-12(18(19)20)13(9-11)24(2,21)22/h5-6,9,14-15,17H,3-4,7-8,10H2,1-2H3. The number of rotatable bonds is 6. The van der Waals surface area contributed by atoms with Crippen molar-refractivity contribution in [3.63, 3.8) is 0 Å². The number of sulfone groups is 1. The lowest BCUT2D eigenvalue weighted by atomic mass is 9.51. The Morgan fingerprint density at radius 2 is 2.12 bits per heavy atom. The Labute approximate surface area is 141 Å². The Hall–Kier alpha value is -1.67. The molecule has 1 N–H and O–H groups in total. The highest BCUT2D eigenvalue weighted by Crippen LogP contribution is 2.58. The van der Waals surface area contributed by atoms with Gasteiger partial charge in [0.1, 0.15) is 4.90 Å². The first-order valence-electron chi connectivity index (χ1n) is 8.14. The zero-order chi connectivity index (χ0) is 17.5. The van der Waals surface area contributed by atoms with Crippen LogP contribution in [-0.2, 0) is 14.6 Å². The Bertz CT molecular complexity index is 758. The van der Waals surface area contributed by atoms with Crippen molar-refractivity contribution in [1.82, 2.24) is 0 Å². The zero-order valence-electron chi connectivity index (χ0n) is 13.8. The Balaban J connectivity index is 1.83. The van der Waals surface area contributed by atoms with E-state index >= 15 is 0 Å². The van der Waals surface area contributed by atoms with Gasteiger partial charge in [-0.15, -0.1) is 0 Å². The van der Waals surface area contributed by atoms with Crippen LogP contribution in [0, 0.1) is 15.5 Å². The first-order chi connectivity index (χ1) is 11.3. The van der Waals surface area contributed by atoms with Crippen molar-refractivity contribution in [2.75, 3.05) is 18.2 Å². The average Bonchev–Trinajstić information content (AvgIpc) is 2.43. The monoisotopic (exact) mass is 354 g/mol. The summed E-state index contributed by atoms with van der Waals surface area (Å²) in [5, 5.41) is 14.4. The summed E-state index contributed by atoms with van der Waals surface area (Å²) in [6.07, 6.45) is 5.49. The summed E-state index contributed by atoms with van der Waals surface area (Å²) in [5.74, 6) is 0. The zero-order valence-corrected chi connectivity index (χ0v) is 14.6. The predicted molar refractivity (Wildman–Crippen MR) is 89.9 cm³/mol. The minimum Gasteiger partial charge on any atom is -0.382 e. The van der Waals surface area contributed by atoms with Gasteiger partial charge in [0.15, 0.2) is 9.84 Å².